The quantitative estimate of drug-likeness (QED) is 0.137. The molecule has 0 fully saturated rings. The van der Waals surface area contributed by atoms with Crippen LogP contribution in [0.5, 0.6) is 11.5 Å². The Morgan fingerprint density at radius 3 is 1.86 bits per heavy atom. The van der Waals surface area contributed by atoms with E-state index in [2.05, 4.69) is 14.3 Å². The van der Waals surface area contributed by atoms with E-state index in [1.807, 2.05) is 0 Å². The van der Waals surface area contributed by atoms with Crippen LogP contribution in [0.2, 0.25) is 0 Å². The van der Waals surface area contributed by atoms with Gasteiger partial charge in [0.1, 0.15) is 11.5 Å². The molecule has 2 aromatic rings. The van der Waals surface area contributed by atoms with E-state index in [9.17, 15) is 14.2 Å². The molecule has 0 aromatic heterocycles. The molecule has 0 radical (unpaired) electrons. The molecule has 0 N–H and O–H groups in total. The van der Waals surface area contributed by atoms with E-state index < -0.39 is 13.8 Å². The third kappa shape index (κ3) is 7.22. The Morgan fingerprint density at radius 2 is 1.43 bits per heavy atom. The van der Waals surface area contributed by atoms with E-state index in [-0.39, 0.29) is 13.2 Å². The van der Waals surface area contributed by atoms with E-state index in [4.69, 9.17) is 13.8 Å². The number of ether oxygens (including phenoxy) is 2. The molecule has 0 heterocycles. The first-order valence-electron chi connectivity index (χ1n) is 8.02. The van der Waals surface area contributed by atoms with Gasteiger partial charge in [-0.05, 0) is 35.4 Å². The van der Waals surface area contributed by atoms with Gasteiger partial charge in [0.2, 0.25) is 0 Å². The Hall–Kier alpha value is -2.55. The van der Waals surface area contributed by atoms with E-state index in [1.54, 1.807) is 48.5 Å². The third-order valence-corrected chi connectivity index (χ3v) is 4.46. The van der Waals surface area contributed by atoms with Crippen LogP contribution in [0.1, 0.15) is 18.1 Å². The van der Waals surface area contributed by atoms with Gasteiger partial charge in [-0.2, -0.15) is 0 Å². The van der Waals surface area contributed by atoms with Crippen molar-refractivity contribution in [2.75, 3.05) is 7.11 Å². The Kier molecular flexibility index (Phi) is 8.31. The molecule has 2 aromatic carbocycles. The molecule has 0 aliphatic carbocycles. The van der Waals surface area contributed by atoms with Gasteiger partial charge < -0.3 is 9.47 Å². The van der Waals surface area contributed by atoms with E-state index in [0.29, 0.717) is 29.1 Å². The van der Waals surface area contributed by atoms with Gasteiger partial charge in [0.15, 0.2) is 0 Å². The maximum Gasteiger partial charge on any atom is 0.502 e. The highest BCUT2D eigenvalue weighted by Crippen LogP contribution is 2.51. The number of hydrogen-bond donors (Lipinski definition) is 0. The Bertz CT molecular complexity index is 818. The standard InChI is InChI=1S/C18H19O9P/c1-14(20)26-18-9-5-16(6-10-18)12-25-28(21,27-22-2)24-11-15-3-7-17(8-4-15)23-13-19/h3-10,13H,11-12H2,1-2H3. The lowest BCUT2D eigenvalue weighted by Crippen LogP contribution is -2.02. The van der Waals surface area contributed by atoms with E-state index >= 15 is 0 Å². The summed E-state index contributed by atoms with van der Waals surface area (Å²) in [6.07, 6.45) is 0. The van der Waals surface area contributed by atoms with Gasteiger partial charge in [-0.15, -0.1) is 4.67 Å². The molecule has 9 nitrogen and oxygen atoms in total. The minimum atomic E-state index is -4.00. The predicted octanol–water partition coefficient (Wildman–Crippen LogP) is 3.57. The summed E-state index contributed by atoms with van der Waals surface area (Å²) < 4.78 is 37.4. The fraction of sp³-hybridized carbons (Fsp3) is 0.222. The normalized spacial score (nSPS) is 12.8. The molecule has 1 atom stereocenters. The molecule has 0 saturated heterocycles. The van der Waals surface area contributed by atoms with Gasteiger partial charge in [-0.25, -0.2) is 9.45 Å². The minimum Gasteiger partial charge on any atom is -0.429 e. The second-order valence-corrected chi connectivity index (χ2v) is 6.89. The van der Waals surface area contributed by atoms with Gasteiger partial charge in [-0.1, -0.05) is 24.3 Å². The van der Waals surface area contributed by atoms with Crippen molar-refractivity contribution in [3.8, 4) is 11.5 Å². The summed E-state index contributed by atoms with van der Waals surface area (Å²) in [6.45, 7) is 1.44. The number of rotatable bonds is 11. The SMILES string of the molecule is COOP(=O)(OCc1ccc(OC=O)cc1)OCc1ccc(OC(C)=O)cc1. The van der Waals surface area contributed by atoms with Crippen molar-refractivity contribution >= 4 is 20.3 Å². The van der Waals surface area contributed by atoms with E-state index in [1.165, 1.54) is 14.0 Å². The summed E-state index contributed by atoms with van der Waals surface area (Å²) in [5.74, 6) is 0.315. The maximum absolute atomic E-state index is 12.6. The van der Waals surface area contributed by atoms with Crippen LogP contribution in [-0.4, -0.2) is 19.6 Å². The molecule has 150 valence electrons. The zero-order valence-electron chi connectivity index (χ0n) is 15.2. The topological polar surface area (TPSA) is 107 Å². The molecule has 0 amide bonds. The molecule has 0 bridgehead atoms. The first-order valence-corrected chi connectivity index (χ1v) is 9.48. The van der Waals surface area contributed by atoms with Crippen LogP contribution < -0.4 is 9.47 Å². The van der Waals surface area contributed by atoms with Crippen LogP contribution in [0.25, 0.3) is 0 Å². The fourth-order valence-electron chi connectivity index (χ4n) is 2.02. The predicted molar refractivity (Wildman–Crippen MR) is 96.2 cm³/mol. The van der Waals surface area contributed by atoms with Gasteiger partial charge in [-0.3, -0.25) is 18.6 Å². The average molecular weight is 410 g/mol. The molecule has 10 heteroatoms. The summed E-state index contributed by atoms with van der Waals surface area (Å²) in [5.41, 5.74) is 1.29. The number of carbonyl (C=O) groups is 2. The van der Waals surface area contributed by atoms with Crippen molar-refractivity contribution in [3.63, 3.8) is 0 Å². The zero-order chi connectivity index (χ0) is 20.4. The Labute approximate surface area is 161 Å². The van der Waals surface area contributed by atoms with Crippen LogP contribution in [0, 0.1) is 0 Å². The van der Waals surface area contributed by atoms with Crippen LogP contribution in [0.15, 0.2) is 48.5 Å². The maximum atomic E-state index is 12.6. The lowest BCUT2D eigenvalue weighted by molar-refractivity contribution is -0.202. The molecule has 1 unspecified atom stereocenters. The summed E-state index contributed by atoms with van der Waals surface area (Å²) >= 11 is 0. The van der Waals surface area contributed by atoms with Crippen LogP contribution in [-0.2, 0) is 46.0 Å². The van der Waals surface area contributed by atoms with Crippen molar-refractivity contribution < 1.29 is 42.2 Å². The van der Waals surface area contributed by atoms with Crippen molar-refractivity contribution in [1.82, 2.24) is 0 Å². The summed E-state index contributed by atoms with van der Waals surface area (Å²) in [5, 5.41) is 0. The lowest BCUT2D eigenvalue weighted by Gasteiger charge is -2.16. The number of benzene rings is 2. The highest BCUT2D eigenvalue weighted by Gasteiger charge is 2.28. The first-order chi connectivity index (χ1) is 13.4. The molecule has 2 rings (SSSR count). The Morgan fingerprint density at radius 1 is 0.929 bits per heavy atom. The van der Waals surface area contributed by atoms with Crippen LogP contribution in [0.4, 0.5) is 0 Å². The molecular weight excluding hydrogens is 391 g/mol. The smallest absolute Gasteiger partial charge is 0.429 e. The first kappa shape index (κ1) is 21.7. The second-order valence-electron chi connectivity index (χ2n) is 5.33. The monoisotopic (exact) mass is 410 g/mol. The summed E-state index contributed by atoms with van der Waals surface area (Å²) in [6, 6.07) is 12.8. The fourth-order valence-corrected chi connectivity index (χ4v) is 2.98. The molecule has 0 saturated carbocycles. The number of hydrogen-bond acceptors (Lipinski definition) is 9. The van der Waals surface area contributed by atoms with E-state index in [0.717, 1.165) is 0 Å². The highest BCUT2D eigenvalue weighted by atomic mass is 31.2. The highest BCUT2D eigenvalue weighted by molar-refractivity contribution is 7.48. The van der Waals surface area contributed by atoms with Crippen molar-refractivity contribution in [3.05, 3.63) is 59.7 Å². The van der Waals surface area contributed by atoms with Gasteiger partial charge >= 0.3 is 13.8 Å². The largest absolute Gasteiger partial charge is 0.502 e. The molecule has 0 spiro atoms. The number of carbonyl (C=O) groups excluding carboxylic acids is 2. The second kappa shape index (κ2) is 10.7. The third-order valence-electron chi connectivity index (χ3n) is 3.24. The minimum absolute atomic E-state index is 0.0899. The van der Waals surface area contributed by atoms with Gasteiger partial charge in [0, 0.05) is 6.92 Å². The number of esters is 1. The van der Waals surface area contributed by atoms with Crippen LogP contribution in [0.3, 0.4) is 0 Å². The molecule has 28 heavy (non-hydrogen) atoms. The van der Waals surface area contributed by atoms with Crippen molar-refractivity contribution in [2.45, 2.75) is 20.1 Å². The van der Waals surface area contributed by atoms with Gasteiger partial charge in [0.05, 0.1) is 20.3 Å². The lowest BCUT2D eigenvalue weighted by atomic mass is 10.2. The number of phosphoric ester groups is 1. The zero-order valence-corrected chi connectivity index (χ0v) is 16.1. The summed E-state index contributed by atoms with van der Waals surface area (Å²) in [7, 11) is -2.82. The molecule has 0 aliphatic rings. The van der Waals surface area contributed by atoms with Crippen molar-refractivity contribution in [2.24, 2.45) is 0 Å². The Balaban J connectivity index is 1.93. The van der Waals surface area contributed by atoms with Gasteiger partial charge in [0.25, 0.3) is 6.47 Å². The number of phosphoric acid groups is 1. The summed E-state index contributed by atoms with van der Waals surface area (Å²) in [4.78, 5) is 25.7. The van der Waals surface area contributed by atoms with Crippen molar-refractivity contribution in [1.29, 1.82) is 0 Å². The molecule has 0 aliphatic heterocycles. The molecular formula is C18H19O9P. The average Bonchev–Trinajstić information content (AvgIpc) is 2.67. The van der Waals surface area contributed by atoms with Crippen LogP contribution >= 0.6 is 7.82 Å².